The molecular formula is C17H20N2O2. The average Bonchev–Trinajstić information content (AvgIpc) is 2.40. The molecule has 0 aliphatic carbocycles. The minimum absolute atomic E-state index is 0.327. The Morgan fingerprint density at radius 1 is 1.10 bits per heavy atom. The number of hydrogen-bond acceptors (Lipinski definition) is 4. The second kappa shape index (κ2) is 5.56. The topological polar surface area (TPSA) is 65.2 Å². The maximum atomic E-state index is 12.0. The van der Waals surface area contributed by atoms with E-state index in [1.807, 2.05) is 45.9 Å². The summed E-state index contributed by atoms with van der Waals surface area (Å²) in [5.74, 6) is 0.151. The lowest BCUT2D eigenvalue weighted by molar-refractivity contribution is 0.00696. The molecule has 0 amide bonds. The Hall–Kier alpha value is -2.36. The SMILES string of the molecule is Cc1ccc(N)nc1-c1ccc(C(=O)OC(C)(C)C)cc1. The first-order chi connectivity index (χ1) is 9.76. The molecule has 0 fully saturated rings. The molecule has 1 aromatic carbocycles. The van der Waals surface area contributed by atoms with Gasteiger partial charge in [-0.1, -0.05) is 18.2 Å². The molecule has 4 heteroatoms. The van der Waals surface area contributed by atoms with Gasteiger partial charge in [0.2, 0.25) is 0 Å². The predicted octanol–water partition coefficient (Wildman–Crippen LogP) is 3.59. The van der Waals surface area contributed by atoms with Crippen molar-refractivity contribution >= 4 is 11.8 Å². The largest absolute Gasteiger partial charge is 0.456 e. The van der Waals surface area contributed by atoms with E-state index in [1.165, 1.54) is 0 Å². The second-order valence-electron chi connectivity index (χ2n) is 5.98. The van der Waals surface area contributed by atoms with Crippen molar-refractivity contribution in [3.8, 4) is 11.3 Å². The van der Waals surface area contributed by atoms with Gasteiger partial charge in [0.25, 0.3) is 0 Å². The molecule has 2 rings (SSSR count). The number of benzene rings is 1. The molecule has 21 heavy (non-hydrogen) atoms. The fraction of sp³-hybridized carbons (Fsp3) is 0.294. The molecule has 0 radical (unpaired) electrons. The van der Waals surface area contributed by atoms with E-state index in [2.05, 4.69) is 4.98 Å². The first kappa shape index (κ1) is 15.0. The first-order valence-corrected chi connectivity index (χ1v) is 6.83. The van der Waals surface area contributed by atoms with E-state index >= 15 is 0 Å². The van der Waals surface area contributed by atoms with Gasteiger partial charge >= 0.3 is 5.97 Å². The van der Waals surface area contributed by atoms with Crippen LogP contribution < -0.4 is 5.73 Å². The summed E-state index contributed by atoms with van der Waals surface area (Å²) in [5, 5.41) is 0. The van der Waals surface area contributed by atoms with Gasteiger partial charge in [0.1, 0.15) is 11.4 Å². The Balaban J connectivity index is 2.27. The Morgan fingerprint density at radius 2 is 1.71 bits per heavy atom. The zero-order valence-electron chi connectivity index (χ0n) is 12.8. The number of carbonyl (C=O) groups excluding carboxylic acids is 1. The number of ether oxygens (including phenoxy) is 1. The Kier molecular flexibility index (Phi) is 3.98. The summed E-state index contributed by atoms with van der Waals surface area (Å²) in [4.78, 5) is 16.3. The van der Waals surface area contributed by atoms with Gasteiger partial charge < -0.3 is 10.5 Å². The third-order valence-corrected chi connectivity index (χ3v) is 2.91. The van der Waals surface area contributed by atoms with Crippen molar-refractivity contribution in [3.63, 3.8) is 0 Å². The Bertz CT molecular complexity index is 655. The Morgan fingerprint density at radius 3 is 2.29 bits per heavy atom. The van der Waals surface area contributed by atoms with Crippen molar-refractivity contribution in [2.24, 2.45) is 0 Å². The summed E-state index contributed by atoms with van der Waals surface area (Å²) < 4.78 is 5.34. The highest BCUT2D eigenvalue weighted by molar-refractivity contribution is 5.90. The second-order valence-corrected chi connectivity index (χ2v) is 5.98. The molecule has 0 saturated heterocycles. The molecule has 4 nitrogen and oxygen atoms in total. The van der Waals surface area contributed by atoms with Crippen LogP contribution in [0.5, 0.6) is 0 Å². The zero-order valence-corrected chi connectivity index (χ0v) is 12.8. The molecule has 0 spiro atoms. The third-order valence-electron chi connectivity index (χ3n) is 2.91. The van der Waals surface area contributed by atoms with Gasteiger partial charge in [-0.05, 0) is 51.5 Å². The number of nitrogens with zero attached hydrogens (tertiary/aromatic N) is 1. The normalized spacial score (nSPS) is 11.2. The molecule has 0 aliphatic rings. The summed E-state index contributed by atoms with van der Waals surface area (Å²) in [5.41, 5.74) is 8.54. The molecule has 0 aliphatic heterocycles. The predicted molar refractivity (Wildman–Crippen MR) is 84.0 cm³/mol. The van der Waals surface area contributed by atoms with Crippen LogP contribution >= 0.6 is 0 Å². The van der Waals surface area contributed by atoms with Gasteiger partial charge in [0, 0.05) is 5.56 Å². The van der Waals surface area contributed by atoms with Crippen LogP contribution in [0.3, 0.4) is 0 Å². The van der Waals surface area contributed by atoms with E-state index in [0.29, 0.717) is 11.4 Å². The van der Waals surface area contributed by atoms with Crippen molar-refractivity contribution in [1.82, 2.24) is 4.98 Å². The average molecular weight is 284 g/mol. The van der Waals surface area contributed by atoms with Crippen LogP contribution in [0.15, 0.2) is 36.4 Å². The lowest BCUT2D eigenvalue weighted by Gasteiger charge is -2.19. The van der Waals surface area contributed by atoms with Gasteiger partial charge in [-0.25, -0.2) is 9.78 Å². The molecule has 1 heterocycles. The van der Waals surface area contributed by atoms with Crippen molar-refractivity contribution < 1.29 is 9.53 Å². The highest BCUT2D eigenvalue weighted by Crippen LogP contribution is 2.23. The number of esters is 1. The van der Waals surface area contributed by atoms with E-state index in [-0.39, 0.29) is 5.97 Å². The molecule has 0 unspecified atom stereocenters. The zero-order chi connectivity index (χ0) is 15.6. The summed E-state index contributed by atoms with van der Waals surface area (Å²) in [7, 11) is 0. The van der Waals surface area contributed by atoms with Crippen LogP contribution in [0.25, 0.3) is 11.3 Å². The molecule has 0 atom stereocenters. The summed E-state index contributed by atoms with van der Waals surface area (Å²) in [6.07, 6.45) is 0. The highest BCUT2D eigenvalue weighted by atomic mass is 16.6. The number of hydrogen-bond donors (Lipinski definition) is 1. The molecule has 0 saturated carbocycles. The van der Waals surface area contributed by atoms with Crippen molar-refractivity contribution in [1.29, 1.82) is 0 Å². The van der Waals surface area contributed by atoms with E-state index < -0.39 is 5.60 Å². The number of nitrogens with two attached hydrogens (primary N) is 1. The number of nitrogen functional groups attached to an aromatic ring is 1. The molecule has 110 valence electrons. The number of anilines is 1. The first-order valence-electron chi connectivity index (χ1n) is 6.83. The van der Waals surface area contributed by atoms with Crippen LogP contribution in [0.2, 0.25) is 0 Å². The lowest BCUT2D eigenvalue weighted by Crippen LogP contribution is -2.23. The lowest BCUT2D eigenvalue weighted by atomic mass is 10.0. The van der Waals surface area contributed by atoms with Crippen LogP contribution in [-0.4, -0.2) is 16.6 Å². The fourth-order valence-electron chi connectivity index (χ4n) is 1.94. The smallest absolute Gasteiger partial charge is 0.338 e. The number of pyridine rings is 1. The van der Waals surface area contributed by atoms with E-state index in [1.54, 1.807) is 18.2 Å². The minimum atomic E-state index is -0.498. The number of aryl methyl sites for hydroxylation is 1. The van der Waals surface area contributed by atoms with Crippen molar-refractivity contribution in [3.05, 3.63) is 47.5 Å². The van der Waals surface area contributed by atoms with Crippen LogP contribution in [0.1, 0.15) is 36.7 Å². The van der Waals surface area contributed by atoms with Crippen LogP contribution in [0.4, 0.5) is 5.82 Å². The maximum absolute atomic E-state index is 12.0. The molecule has 0 bridgehead atoms. The van der Waals surface area contributed by atoms with Crippen molar-refractivity contribution in [2.75, 3.05) is 5.73 Å². The Labute approximate surface area is 125 Å². The summed E-state index contributed by atoms with van der Waals surface area (Å²) >= 11 is 0. The van der Waals surface area contributed by atoms with Crippen LogP contribution in [-0.2, 0) is 4.74 Å². The van der Waals surface area contributed by atoms with E-state index in [4.69, 9.17) is 10.5 Å². The summed E-state index contributed by atoms with van der Waals surface area (Å²) in [6.45, 7) is 7.52. The van der Waals surface area contributed by atoms with Crippen LogP contribution in [0, 0.1) is 6.92 Å². The fourth-order valence-corrected chi connectivity index (χ4v) is 1.94. The molecule has 1 aromatic heterocycles. The van der Waals surface area contributed by atoms with Gasteiger partial charge in [-0.15, -0.1) is 0 Å². The quantitative estimate of drug-likeness (QED) is 0.856. The highest BCUT2D eigenvalue weighted by Gasteiger charge is 2.17. The van der Waals surface area contributed by atoms with Gasteiger partial charge in [-0.2, -0.15) is 0 Å². The monoisotopic (exact) mass is 284 g/mol. The molecular weight excluding hydrogens is 264 g/mol. The third kappa shape index (κ3) is 3.81. The number of rotatable bonds is 2. The molecule has 2 N–H and O–H groups in total. The summed E-state index contributed by atoms with van der Waals surface area (Å²) in [6, 6.07) is 10.9. The van der Waals surface area contributed by atoms with Gasteiger partial charge in [0.05, 0.1) is 11.3 Å². The van der Waals surface area contributed by atoms with Gasteiger partial charge in [0.15, 0.2) is 0 Å². The maximum Gasteiger partial charge on any atom is 0.338 e. The number of carbonyl (C=O) groups is 1. The van der Waals surface area contributed by atoms with E-state index in [9.17, 15) is 4.79 Å². The van der Waals surface area contributed by atoms with Gasteiger partial charge in [-0.3, -0.25) is 0 Å². The minimum Gasteiger partial charge on any atom is -0.456 e. The molecule has 2 aromatic rings. The van der Waals surface area contributed by atoms with E-state index in [0.717, 1.165) is 16.8 Å². The van der Waals surface area contributed by atoms with Crippen molar-refractivity contribution in [2.45, 2.75) is 33.3 Å². The standard InChI is InChI=1S/C17H20N2O2/c1-11-5-10-14(18)19-15(11)12-6-8-13(9-7-12)16(20)21-17(2,3)4/h5-10H,1-4H3,(H2,18,19). The number of aromatic nitrogens is 1.